The molecule has 172 valence electrons. The van der Waals surface area contributed by atoms with Gasteiger partial charge in [-0.2, -0.15) is 0 Å². The van der Waals surface area contributed by atoms with Gasteiger partial charge in [-0.3, -0.25) is 4.79 Å². The zero-order chi connectivity index (χ0) is 23.7. The molecule has 2 atom stereocenters. The fourth-order valence-electron chi connectivity index (χ4n) is 4.19. The van der Waals surface area contributed by atoms with Gasteiger partial charge in [0.25, 0.3) is 0 Å². The highest BCUT2D eigenvalue weighted by molar-refractivity contribution is 7.11. The molecule has 0 radical (unpaired) electrons. The van der Waals surface area contributed by atoms with Gasteiger partial charge in [-0.25, -0.2) is 0 Å². The molecule has 0 amide bonds. The third-order valence-electron chi connectivity index (χ3n) is 5.92. The van der Waals surface area contributed by atoms with Gasteiger partial charge in [-0.15, -0.1) is 0 Å². The van der Waals surface area contributed by atoms with Crippen LogP contribution in [-0.2, 0) is 9.53 Å². The maximum atomic E-state index is 11.6. The van der Waals surface area contributed by atoms with E-state index in [0.717, 1.165) is 5.56 Å². The van der Waals surface area contributed by atoms with E-state index in [9.17, 15) is 15.0 Å². The second kappa shape index (κ2) is 11.7. The first-order valence-corrected chi connectivity index (χ1v) is 13.9. The molecular weight excluding hydrogens is 428 g/mol. The molecule has 0 fully saturated rings. The van der Waals surface area contributed by atoms with Gasteiger partial charge < -0.3 is 14.9 Å². The van der Waals surface area contributed by atoms with Gasteiger partial charge in [-0.1, -0.05) is 104 Å². The van der Waals surface area contributed by atoms with Crippen molar-refractivity contribution in [1.82, 2.24) is 0 Å². The van der Waals surface area contributed by atoms with Crippen molar-refractivity contribution in [2.24, 2.45) is 0 Å². The average molecular weight is 461 g/mol. The van der Waals surface area contributed by atoms with Crippen molar-refractivity contribution >= 4 is 35.7 Å². The maximum Gasteiger partial charge on any atom is 0.308 e. The van der Waals surface area contributed by atoms with Crippen LogP contribution in [0.1, 0.15) is 25.3 Å². The van der Waals surface area contributed by atoms with Crippen LogP contribution in [0.4, 0.5) is 0 Å². The number of rotatable bonds is 10. The summed E-state index contributed by atoms with van der Waals surface area (Å²) in [5, 5.41) is 24.4. The Hall–Kier alpha value is -2.99. The number of carbonyl (C=O) groups is 1. The van der Waals surface area contributed by atoms with Crippen molar-refractivity contribution in [3.05, 3.63) is 96.6 Å². The molecule has 0 saturated carbocycles. The Morgan fingerprint density at radius 1 is 0.909 bits per heavy atom. The SMILES string of the molecule is CCOC(=O)CC(O)CC(O)/C=C/c1ccccc1[Si](C)(c1ccccc1)c1ccccc1. The van der Waals surface area contributed by atoms with E-state index in [0.29, 0.717) is 0 Å². The lowest BCUT2D eigenvalue weighted by atomic mass is 10.1. The molecule has 0 aliphatic heterocycles. The van der Waals surface area contributed by atoms with Crippen molar-refractivity contribution in [2.75, 3.05) is 6.61 Å². The summed E-state index contributed by atoms with van der Waals surface area (Å²) in [4.78, 5) is 11.6. The first-order chi connectivity index (χ1) is 15.9. The van der Waals surface area contributed by atoms with Crippen molar-refractivity contribution in [3.8, 4) is 0 Å². The minimum atomic E-state index is -2.30. The number of aliphatic hydroxyl groups is 2. The molecule has 3 aromatic carbocycles. The first-order valence-electron chi connectivity index (χ1n) is 11.4. The van der Waals surface area contributed by atoms with E-state index in [2.05, 4.69) is 73.3 Å². The highest BCUT2D eigenvalue weighted by Gasteiger charge is 2.35. The number of benzene rings is 3. The molecule has 2 unspecified atom stereocenters. The Balaban J connectivity index is 1.90. The number of esters is 1. The summed E-state index contributed by atoms with van der Waals surface area (Å²) < 4.78 is 4.87. The minimum absolute atomic E-state index is 0.0730. The van der Waals surface area contributed by atoms with E-state index in [1.807, 2.05) is 24.3 Å². The summed E-state index contributed by atoms with van der Waals surface area (Å²) in [7, 11) is -2.30. The predicted octanol–water partition coefficient (Wildman–Crippen LogP) is 2.86. The van der Waals surface area contributed by atoms with Gasteiger partial charge in [0, 0.05) is 6.42 Å². The Morgan fingerprint density at radius 2 is 1.45 bits per heavy atom. The Labute approximate surface area is 197 Å². The zero-order valence-corrected chi connectivity index (χ0v) is 20.2. The predicted molar refractivity (Wildman–Crippen MR) is 137 cm³/mol. The molecule has 5 heteroatoms. The van der Waals surface area contributed by atoms with Crippen LogP contribution in [-0.4, -0.2) is 43.1 Å². The summed E-state index contributed by atoms with van der Waals surface area (Å²) in [6, 6.07) is 29.5. The van der Waals surface area contributed by atoms with E-state index in [-0.39, 0.29) is 19.4 Å². The molecule has 2 N–H and O–H groups in total. The molecule has 33 heavy (non-hydrogen) atoms. The molecule has 4 nitrogen and oxygen atoms in total. The van der Waals surface area contributed by atoms with Gasteiger partial charge in [0.1, 0.15) is 8.07 Å². The van der Waals surface area contributed by atoms with Crippen LogP contribution < -0.4 is 15.6 Å². The average Bonchev–Trinajstić information content (AvgIpc) is 2.83. The monoisotopic (exact) mass is 460 g/mol. The first kappa shape index (κ1) is 24.6. The molecular formula is C28H32O4Si. The van der Waals surface area contributed by atoms with Crippen LogP contribution in [0.5, 0.6) is 0 Å². The van der Waals surface area contributed by atoms with Crippen molar-refractivity contribution in [2.45, 2.75) is 38.5 Å². The summed E-state index contributed by atoms with van der Waals surface area (Å²) in [5.41, 5.74) is 1.04. The smallest absolute Gasteiger partial charge is 0.308 e. The van der Waals surface area contributed by atoms with E-state index in [1.165, 1.54) is 15.6 Å². The fraction of sp³-hybridized carbons (Fsp3) is 0.250. The molecule has 0 aromatic heterocycles. The third kappa shape index (κ3) is 6.29. The number of ether oxygens (including phenoxy) is 1. The zero-order valence-electron chi connectivity index (χ0n) is 19.2. The van der Waals surface area contributed by atoms with Gasteiger partial charge in [-0.05, 0) is 28.0 Å². The van der Waals surface area contributed by atoms with Crippen LogP contribution in [0, 0.1) is 0 Å². The maximum absolute atomic E-state index is 11.6. The summed E-state index contributed by atoms with van der Waals surface area (Å²) >= 11 is 0. The molecule has 0 aliphatic carbocycles. The van der Waals surface area contributed by atoms with Crippen LogP contribution in [0.15, 0.2) is 91.0 Å². The quantitative estimate of drug-likeness (QED) is 0.277. The standard InChI is InChI=1S/C28H32O4Si/c1-3-32-28(31)21-24(30)20-23(29)19-18-22-12-10-11-17-27(22)33(2,25-13-6-4-7-14-25)26-15-8-5-9-16-26/h4-19,23-24,29-30H,3,20-21H2,1-2H3/b19-18+. The van der Waals surface area contributed by atoms with Gasteiger partial charge in [0.05, 0.1) is 25.2 Å². The van der Waals surface area contributed by atoms with Crippen LogP contribution in [0.3, 0.4) is 0 Å². The number of hydrogen-bond donors (Lipinski definition) is 2. The number of carbonyl (C=O) groups excluding carboxylic acids is 1. The molecule has 0 heterocycles. The van der Waals surface area contributed by atoms with E-state index < -0.39 is 26.3 Å². The van der Waals surface area contributed by atoms with Crippen molar-refractivity contribution in [1.29, 1.82) is 0 Å². The highest BCUT2D eigenvalue weighted by atomic mass is 28.3. The lowest BCUT2D eigenvalue weighted by Gasteiger charge is -2.31. The Kier molecular flexibility index (Phi) is 8.77. The second-order valence-electron chi connectivity index (χ2n) is 8.27. The van der Waals surface area contributed by atoms with Crippen LogP contribution >= 0.6 is 0 Å². The molecule has 0 saturated heterocycles. The molecule has 0 spiro atoms. The molecule has 0 bridgehead atoms. The highest BCUT2D eigenvalue weighted by Crippen LogP contribution is 2.13. The van der Waals surface area contributed by atoms with E-state index >= 15 is 0 Å². The lowest BCUT2D eigenvalue weighted by molar-refractivity contribution is -0.145. The second-order valence-corrected chi connectivity index (χ2v) is 12.2. The van der Waals surface area contributed by atoms with Crippen molar-refractivity contribution in [3.63, 3.8) is 0 Å². The molecule has 0 aliphatic rings. The largest absolute Gasteiger partial charge is 0.466 e. The number of hydrogen-bond acceptors (Lipinski definition) is 4. The number of aliphatic hydroxyl groups excluding tert-OH is 2. The summed E-state index contributed by atoms with van der Waals surface area (Å²) in [5.74, 6) is -0.459. The summed E-state index contributed by atoms with van der Waals surface area (Å²) in [6.07, 6.45) is 1.74. The van der Waals surface area contributed by atoms with E-state index in [1.54, 1.807) is 13.0 Å². The van der Waals surface area contributed by atoms with Gasteiger partial charge >= 0.3 is 5.97 Å². The van der Waals surface area contributed by atoms with Crippen LogP contribution in [0.25, 0.3) is 6.08 Å². The van der Waals surface area contributed by atoms with Gasteiger partial charge in [0.15, 0.2) is 0 Å². The Bertz CT molecular complexity index is 1010. The lowest BCUT2D eigenvalue weighted by Crippen LogP contribution is -2.65. The topological polar surface area (TPSA) is 66.8 Å². The van der Waals surface area contributed by atoms with Gasteiger partial charge in [0.2, 0.25) is 0 Å². The minimum Gasteiger partial charge on any atom is -0.466 e. The normalized spacial score (nSPS) is 13.6. The molecule has 3 aromatic rings. The fourth-order valence-corrected chi connectivity index (χ4v) is 8.03. The third-order valence-corrected chi connectivity index (χ3v) is 10.4. The van der Waals surface area contributed by atoms with Crippen molar-refractivity contribution < 1.29 is 19.7 Å². The van der Waals surface area contributed by atoms with Crippen LogP contribution in [0.2, 0.25) is 6.55 Å². The van der Waals surface area contributed by atoms with E-state index in [4.69, 9.17) is 4.74 Å². The Morgan fingerprint density at radius 3 is 2.03 bits per heavy atom. The molecule has 3 rings (SSSR count). The summed E-state index contributed by atoms with van der Waals surface area (Å²) in [6.45, 7) is 4.35.